The summed E-state index contributed by atoms with van der Waals surface area (Å²) in [6, 6.07) is 8.61. The molecular weight excluding hydrogens is 286 g/mol. The number of nitrogens with zero attached hydrogens (tertiary/aromatic N) is 1. The van der Waals surface area contributed by atoms with Gasteiger partial charge in [0.05, 0.1) is 6.54 Å². The second kappa shape index (κ2) is 9.03. The molecule has 1 aliphatic rings. The first kappa shape index (κ1) is 18.0. The van der Waals surface area contributed by atoms with Gasteiger partial charge in [0.25, 0.3) is 0 Å². The second-order valence-electron chi connectivity index (χ2n) is 5.62. The van der Waals surface area contributed by atoms with Crippen LogP contribution in [-0.2, 0) is 11.3 Å². The Hall–Kier alpha value is -1.10. The monoisotopic (exact) mass is 311 g/mol. The van der Waals surface area contributed by atoms with Crippen LogP contribution in [-0.4, -0.2) is 36.5 Å². The van der Waals surface area contributed by atoms with Crippen molar-refractivity contribution < 1.29 is 4.79 Å². The average molecular weight is 312 g/mol. The van der Waals surface area contributed by atoms with Gasteiger partial charge in [0.1, 0.15) is 0 Å². The summed E-state index contributed by atoms with van der Waals surface area (Å²) in [5.74, 6) is 0.0888. The highest BCUT2D eigenvalue weighted by Crippen LogP contribution is 2.15. The van der Waals surface area contributed by atoms with Crippen molar-refractivity contribution in [2.75, 3.05) is 19.6 Å². The number of carbonyl (C=O) groups is 1. The fourth-order valence-electron chi connectivity index (χ4n) is 2.68. The Morgan fingerprint density at radius 3 is 2.71 bits per heavy atom. The van der Waals surface area contributed by atoms with Crippen molar-refractivity contribution >= 4 is 18.3 Å². The van der Waals surface area contributed by atoms with E-state index in [9.17, 15) is 4.79 Å². The van der Waals surface area contributed by atoms with E-state index in [0.717, 1.165) is 18.5 Å². The Kier molecular flexibility index (Phi) is 7.72. The summed E-state index contributed by atoms with van der Waals surface area (Å²) in [7, 11) is 0. The molecule has 1 aromatic rings. The molecule has 1 unspecified atom stereocenters. The van der Waals surface area contributed by atoms with Crippen LogP contribution >= 0.6 is 12.4 Å². The van der Waals surface area contributed by atoms with Crippen LogP contribution in [0.3, 0.4) is 0 Å². The summed E-state index contributed by atoms with van der Waals surface area (Å²) in [5, 5.41) is 2.99. The molecule has 0 bridgehead atoms. The number of hydrogen-bond acceptors (Lipinski definition) is 3. The maximum absolute atomic E-state index is 12.0. The highest BCUT2D eigenvalue weighted by Gasteiger charge is 2.22. The number of benzene rings is 1. The zero-order valence-electron chi connectivity index (χ0n) is 12.7. The van der Waals surface area contributed by atoms with E-state index in [4.69, 9.17) is 5.73 Å². The number of hydrogen-bond donors (Lipinski definition) is 2. The Morgan fingerprint density at radius 1 is 1.33 bits per heavy atom. The molecule has 0 radical (unpaired) electrons. The van der Waals surface area contributed by atoms with Crippen molar-refractivity contribution in [3.05, 3.63) is 35.4 Å². The van der Waals surface area contributed by atoms with Gasteiger partial charge in [-0.3, -0.25) is 9.69 Å². The van der Waals surface area contributed by atoms with E-state index in [2.05, 4.69) is 41.4 Å². The van der Waals surface area contributed by atoms with Crippen molar-refractivity contribution in [2.45, 2.75) is 38.8 Å². The van der Waals surface area contributed by atoms with E-state index in [-0.39, 0.29) is 18.3 Å². The van der Waals surface area contributed by atoms with Crippen molar-refractivity contribution in [1.82, 2.24) is 10.2 Å². The Bertz CT molecular complexity index is 436. The molecule has 5 heteroatoms. The summed E-state index contributed by atoms with van der Waals surface area (Å²) in [6.45, 7) is 4.75. The zero-order valence-corrected chi connectivity index (χ0v) is 13.5. The van der Waals surface area contributed by atoms with Gasteiger partial charge in [-0.05, 0) is 31.9 Å². The van der Waals surface area contributed by atoms with E-state index in [1.54, 1.807) is 0 Å². The summed E-state index contributed by atoms with van der Waals surface area (Å²) in [4.78, 5) is 14.2. The lowest BCUT2D eigenvalue weighted by atomic mass is 10.0. The smallest absolute Gasteiger partial charge is 0.234 e. The summed E-state index contributed by atoms with van der Waals surface area (Å²) >= 11 is 0. The molecular formula is C16H26ClN3O. The molecule has 0 spiro atoms. The first-order chi connectivity index (χ1) is 9.69. The van der Waals surface area contributed by atoms with E-state index in [0.29, 0.717) is 25.7 Å². The molecule has 3 N–H and O–H groups in total. The summed E-state index contributed by atoms with van der Waals surface area (Å²) in [6.07, 6.45) is 3.51. The molecule has 21 heavy (non-hydrogen) atoms. The van der Waals surface area contributed by atoms with Crippen LogP contribution in [0.4, 0.5) is 0 Å². The number of carbonyl (C=O) groups excluding carboxylic acids is 1. The lowest BCUT2D eigenvalue weighted by molar-refractivity contribution is -0.123. The minimum Gasteiger partial charge on any atom is -0.351 e. The van der Waals surface area contributed by atoms with Crippen molar-refractivity contribution in [3.8, 4) is 0 Å². The molecule has 2 rings (SSSR count). The van der Waals surface area contributed by atoms with Gasteiger partial charge in [-0.25, -0.2) is 0 Å². The Labute approximate surface area is 133 Å². The number of halogens is 1. The SMILES string of the molecule is Cc1ccc(CNC(=O)CN2CCCCC2CN)cc1.Cl. The summed E-state index contributed by atoms with van der Waals surface area (Å²) < 4.78 is 0. The maximum Gasteiger partial charge on any atom is 0.234 e. The predicted octanol–water partition coefficient (Wildman–Crippen LogP) is 1.85. The normalized spacial score (nSPS) is 18.9. The van der Waals surface area contributed by atoms with E-state index < -0.39 is 0 Å². The van der Waals surface area contributed by atoms with Gasteiger partial charge in [0.2, 0.25) is 5.91 Å². The van der Waals surface area contributed by atoms with Gasteiger partial charge >= 0.3 is 0 Å². The predicted molar refractivity (Wildman–Crippen MR) is 88.5 cm³/mol. The van der Waals surface area contributed by atoms with Gasteiger partial charge in [0.15, 0.2) is 0 Å². The van der Waals surface area contributed by atoms with E-state index >= 15 is 0 Å². The van der Waals surface area contributed by atoms with Crippen molar-refractivity contribution in [1.29, 1.82) is 0 Å². The zero-order chi connectivity index (χ0) is 14.4. The number of aryl methyl sites for hydroxylation is 1. The number of likely N-dealkylation sites (tertiary alicyclic amines) is 1. The standard InChI is InChI=1S/C16H25N3O.ClH/c1-13-5-7-14(8-6-13)11-18-16(20)12-19-9-3-2-4-15(19)10-17;/h5-8,15H,2-4,9-12,17H2,1H3,(H,18,20);1H. The average Bonchev–Trinajstić information content (AvgIpc) is 2.47. The van der Waals surface area contributed by atoms with E-state index in [1.807, 2.05) is 0 Å². The van der Waals surface area contributed by atoms with E-state index in [1.165, 1.54) is 18.4 Å². The van der Waals surface area contributed by atoms with Gasteiger partial charge in [-0.2, -0.15) is 0 Å². The largest absolute Gasteiger partial charge is 0.351 e. The number of rotatable bonds is 5. The highest BCUT2D eigenvalue weighted by atomic mass is 35.5. The van der Waals surface area contributed by atoms with Crippen LogP contribution in [0, 0.1) is 6.92 Å². The third kappa shape index (κ3) is 5.65. The van der Waals surface area contributed by atoms with Gasteiger partial charge in [-0.1, -0.05) is 36.2 Å². The lowest BCUT2D eigenvalue weighted by Gasteiger charge is -2.34. The van der Waals surface area contributed by atoms with Crippen molar-refractivity contribution in [2.24, 2.45) is 5.73 Å². The van der Waals surface area contributed by atoms with Crippen LogP contribution in [0.2, 0.25) is 0 Å². The number of nitrogens with one attached hydrogen (secondary N) is 1. The quantitative estimate of drug-likeness (QED) is 0.872. The molecule has 1 saturated heterocycles. The molecule has 1 amide bonds. The minimum absolute atomic E-state index is 0. The third-order valence-electron chi connectivity index (χ3n) is 3.98. The van der Waals surface area contributed by atoms with Crippen LogP contribution < -0.4 is 11.1 Å². The molecule has 1 fully saturated rings. The first-order valence-corrected chi connectivity index (χ1v) is 7.45. The number of piperidine rings is 1. The molecule has 1 aliphatic heterocycles. The molecule has 1 heterocycles. The number of amides is 1. The highest BCUT2D eigenvalue weighted by molar-refractivity contribution is 5.85. The second-order valence-corrected chi connectivity index (χ2v) is 5.62. The fourth-order valence-corrected chi connectivity index (χ4v) is 2.68. The molecule has 1 atom stereocenters. The van der Waals surface area contributed by atoms with Gasteiger partial charge < -0.3 is 11.1 Å². The van der Waals surface area contributed by atoms with Crippen molar-refractivity contribution in [3.63, 3.8) is 0 Å². The number of nitrogens with two attached hydrogens (primary N) is 1. The summed E-state index contributed by atoms with van der Waals surface area (Å²) in [5.41, 5.74) is 8.15. The van der Waals surface area contributed by atoms with Gasteiger partial charge in [0, 0.05) is 19.1 Å². The fraction of sp³-hybridized carbons (Fsp3) is 0.562. The molecule has 118 valence electrons. The molecule has 0 saturated carbocycles. The van der Waals surface area contributed by atoms with Crippen LogP contribution in [0.15, 0.2) is 24.3 Å². The molecule has 1 aromatic carbocycles. The van der Waals surface area contributed by atoms with Crippen LogP contribution in [0.1, 0.15) is 30.4 Å². The topological polar surface area (TPSA) is 58.4 Å². The molecule has 0 aliphatic carbocycles. The minimum atomic E-state index is 0. The Balaban J connectivity index is 0.00000220. The van der Waals surface area contributed by atoms with Crippen LogP contribution in [0.5, 0.6) is 0 Å². The molecule has 4 nitrogen and oxygen atoms in total. The van der Waals surface area contributed by atoms with Crippen LogP contribution in [0.25, 0.3) is 0 Å². The third-order valence-corrected chi connectivity index (χ3v) is 3.98. The first-order valence-electron chi connectivity index (χ1n) is 7.45. The maximum atomic E-state index is 12.0. The Morgan fingerprint density at radius 2 is 2.05 bits per heavy atom. The van der Waals surface area contributed by atoms with Gasteiger partial charge in [-0.15, -0.1) is 12.4 Å². The lowest BCUT2D eigenvalue weighted by Crippen LogP contribution is -2.48. The molecule has 0 aromatic heterocycles.